The van der Waals surface area contributed by atoms with Crippen molar-refractivity contribution >= 4 is 17.1 Å². The molecule has 2 aliphatic heterocycles. The number of halogens is 3. The van der Waals surface area contributed by atoms with E-state index in [4.69, 9.17) is 9.72 Å². The Morgan fingerprint density at radius 2 is 1.80 bits per heavy atom. The van der Waals surface area contributed by atoms with Gasteiger partial charge < -0.3 is 19.4 Å². The SMILES string of the molecule is O=C(c1ccc(OC(F)(F)F)cc1)N1CCC(c2ccnc3[nH]c(CC4CCOCC4)nc23)CC1. The summed E-state index contributed by atoms with van der Waals surface area (Å²) >= 11 is 0. The maximum Gasteiger partial charge on any atom is 0.573 e. The molecule has 10 heteroatoms. The number of ether oxygens (including phenoxy) is 2. The van der Waals surface area contributed by atoms with Gasteiger partial charge in [-0.3, -0.25) is 4.79 Å². The Hall–Kier alpha value is -3.14. The van der Waals surface area contributed by atoms with Gasteiger partial charge in [-0.1, -0.05) is 0 Å². The first-order valence-electron chi connectivity index (χ1n) is 11.9. The second kappa shape index (κ2) is 9.85. The molecule has 2 aromatic heterocycles. The number of imidazole rings is 1. The number of hydrogen-bond donors (Lipinski definition) is 1. The van der Waals surface area contributed by atoms with E-state index in [1.807, 2.05) is 6.07 Å². The molecule has 1 N–H and O–H groups in total. The van der Waals surface area contributed by atoms with Crippen LogP contribution >= 0.6 is 0 Å². The number of aromatic nitrogens is 3. The van der Waals surface area contributed by atoms with Crippen LogP contribution in [0.5, 0.6) is 5.75 Å². The minimum Gasteiger partial charge on any atom is -0.406 e. The zero-order valence-corrected chi connectivity index (χ0v) is 19.2. The lowest BCUT2D eigenvalue weighted by molar-refractivity contribution is -0.274. The standard InChI is InChI=1S/C25H27F3N4O3/c26-25(27,28)35-19-3-1-18(2-4-19)24(33)32-11-6-17(7-12-32)20-5-10-29-23-22(20)30-21(31-23)15-16-8-13-34-14-9-16/h1-5,10,16-17H,6-9,11-15H2,(H,29,30,31). The van der Waals surface area contributed by atoms with Crippen LogP contribution in [0.3, 0.4) is 0 Å². The molecule has 0 unspecified atom stereocenters. The first-order valence-corrected chi connectivity index (χ1v) is 11.9. The quantitative estimate of drug-likeness (QED) is 0.556. The van der Waals surface area contributed by atoms with Crippen LogP contribution in [-0.4, -0.2) is 58.4 Å². The van der Waals surface area contributed by atoms with Gasteiger partial charge in [0.1, 0.15) is 17.1 Å². The zero-order valence-electron chi connectivity index (χ0n) is 19.2. The minimum atomic E-state index is -4.76. The highest BCUT2D eigenvalue weighted by atomic mass is 19.4. The molecular weight excluding hydrogens is 461 g/mol. The van der Waals surface area contributed by atoms with Gasteiger partial charge in [-0.25, -0.2) is 9.97 Å². The average Bonchev–Trinajstić information content (AvgIpc) is 3.26. The Morgan fingerprint density at radius 3 is 2.49 bits per heavy atom. The minimum absolute atomic E-state index is 0.194. The van der Waals surface area contributed by atoms with Gasteiger partial charge in [0.05, 0.1) is 0 Å². The van der Waals surface area contributed by atoms with Crippen molar-refractivity contribution in [1.29, 1.82) is 0 Å². The summed E-state index contributed by atoms with van der Waals surface area (Å²) in [7, 11) is 0. The van der Waals surface area contributed by atoms with Crippen LogP contribution in [0, 0.1) is 5.92 Å². The predicted octanol–water partition coefficient (Wildman–Crippen LogP) is 4.85. The largest absolute Gasteiger partial charge is 0.573 e. The summed E-state index contributed by atoms with van der Waals surface area (Å²) in [5, 5.41) is 0. The second-order valence-electron chi connectivity index (χ2n) is 9.18. The lowest BCUT2D eigenvalue weighted by Crippen LogP contribution is -2.38. The van der Waals surface area contributed by atoms with Crippen molar-refractivity contribution in [2.24, 2.45) is 5.92 Å². The number of carbonyl (C=O) groups is 1. The summed E-state index contributed by atoms with van der Waals surface area (Å²) in [5.41, 5.74) is 3.18. The third-order valence-electron chi connectivity index (χ3n) is 6.84. The predicted molar refractivity (Wildman–Crippen MR) is 122 cm³/mol. The lowest BCUT2D eigenvalue weighted by atomic mass is 9.89. The maximum absolute atomic E-state index is 12.9. The highest BCUT2D eigenvalue weighted by Crippen LogP contribution is 2.33. The fraction of sp³-hybridized carbons (Fsp3) is 0.480. The molecule has 2 aliphatic rings. The molecule has 7 nitrogen and oxygen atoms in total. The number of H-pyrrole nitrogens is 1. The summed E-state index contributed by atoms with van der Waals surface area (Å²) < 4.78 is 46.4. The van der Waals surface area contributed by atoms with Crippen LogP contribution in [0.15, 0.2) is 36.5 Å². The number of nitrogens with zero attached hydrogens (tertiary/aromatic N) is 3. The molecular formula is C25H27F3N4O3. The van der Waals surface area contributed by atoms with Crippen molar-refractivity contribution in [2.75, 3.05) is 26.3 Å². The number of nitrogens with one attached hydrogen (secondary N) is 1. The van der Waals surface area contributed by atoms with Crippen molar-refractivity contribution in [1.82, 2.24) is 19.9 Å². The molecule has 0 aliphatic carbocycles. The Labute approximate surface area is 200 Å². The lowest BCUT2D eigenvalue weighted by Gasteiger charge is -2.32. The van der Waals surface area contributed by atoms with Crippen molar-refractivity contribution in [2.45, 2.75) is 44.4 Å². The number of hydrogen-bond acceptors (Lipinski definition) is 5. The van der Waals surface area contributed by atoms with Gasteiger partial charge in [-0.2, -0.15) is 0 Å². The molecule has 0 saturated carbocycles. The summed E-state index contributed by atoms with van der Waals surface area (Å²) in [6, 6.07) is 7.08. The molecule has 35 heavy (non-hydrogen) atoms. The normalized spacial score (nSPS) is 18.2. The van der Waals surface area contributed by atoms with Gasteiger partial charge >= 0.3 is 6.36 Å². The highest BCUT2D eigenvalue weighted by molar-refractivity contribution is 5.94. The number of aromatic amines is 1. The molecule has 0 bridgehead atoms. The Kier molecular flexibility index (Phi) is 6.64. The number of alkyl halides is 3. The number of piperidine rings is 1. The molecule has 5 rings (SSSR count). The number of rotatable bonds is 5. The fourth-order valence-corrected chi connectivity index (χ4v) is 5.00. The number of benzene rings is 1. The third-order valence-corrected chi connectivity index (χ3v) is 6.84. The van der Waals surface area contributed by atoms with Crippen LogP contribution in [0.4, 0.5) is 13.2 Å². The van der Waals surface area contributed by atoms with E-state index in [1.165, 1.54) is 12.1 Å². The summed E-state index contributed by atoms with van der Waals surface area (Å²) in [4.78, 5) is 27.4. The molecule has 186 valence electrons. The van der Waals surface area contributed by atoms with Gasteiger partial charge in [-0.05, 0) is 73.4 Å². The molecule has 3 aromatic rings. The maximum atomic E-state index is 12.9. The summed E-state index contributed by atoms with van der Waals surface area (Å²) in [6.07, 6.45) is 1.58. The average molecular weight is 489 g/mol. The van der Waals surface area contributed by atoms with E-state index < -0.39 is 6.36 Å². The van der Waals surface area contributed by atoms with Gasteiger partial charge in [0.15, 0.2) is 5.65 Å². The summed E-state index contributed by atoms with van der Waals surface area (Å²) in [5.74, 6) is 1.24. The Bertz CT molecular complexity index is 1160. The van der Waals surface area contributed by atoms with Crippen LogP contribution in [0.2, 0.25) is 0 Å². The number of amides is 1. The van der Waals surface area contributed by atoms with Crippen molar-refractivity contribution in [3.05, 3.63) is 53.5 Å². The molecule has 2 saturated heterocycles. The molecule has 1 amide bonds. The van der Waals surface area contributed by atoms with Gasteiger partial charge in [0.25, 0.3) is 5.91 Å². The molecule has 4 heterocycles. The van der Waals surface area contributed by atoms with E-state index in [9.17, 15) is 18.0 Å². The van der Waals surface area contributed by atoms with Crippen LogP contribution in [0.25, 0.3) is 11.2 Å². The van der Waals surface area contributed by atoms with Crippen LogP contribution in [-0.2, 0) is 11.2 Å². The molecule has 0 atom stereocenters. The fourth-order valence-electron chi connectivity index (χ4n) is 5.00. The van der Waals surface area contributed by atoms with Gasteiger partial charge in [0, 0.05) is 44.5 Å². The Morgan fingerprint density at radius 1 is 1.09 bits per heavy atom. The zero-order chi connectivity index (χ0) is 24.4. The Balaban J connectivity index is 1.23. The number of pyridine rings is 1. The van der Waals surface area contributed by atoms with Crippen LogP contribution < -0.4 is 4.74 Å². The summed E-state index contributed by atoms with van der Waals surface area (Å²) in [6.45, 7) is 2.73. The van der Waals surface area contributed by atoms with E-state index in [0.717, 1.165) is 80.0 Å². The van der Waals surface area contributed by atoms with E-state index in [1.54, 1.807) is 11.1 Å². The van der Waals surface area contributed by atoms with Gasteiger partial charge in [-0.15, -0.1) is 13.2 Å². The van der Waals surface area contributed by atoms with Crippen molar-refractivity contribution in [3.8, 4) is 5.75 Å². The second-order valence-corrected chi connectivity index (χ2v) is 9.18. The topological polar surface area (TPSA) is 80.3 Å². The molecule has 0 spiro atoms. The monoisotopic (exact) mass is 488 g/mol. The number of likely N-dealkylation sites (tertiary alicyclic amines) is 1. The molecule has 0 radical (unpaired) electrons. The molecule has 1 aromatic carbocycles. The van der Waals surface area contributed by atoms with Crippen LogP contribution in [0.1, 0.15) is 53.3 Å². The van der Waals surface area contributed by atoms with E-state index in [2.05, 4.69) is 14.7 Å². The van der Waals surface area contributed by atoms with E-state index >= 15 is 0 Å². The van der Waals surface area contributed by atoms with Crippen molar-refractivity contribution in [3.63, 3.8) is 0 Å². The smallest absolute Gasteiger partial charge is 0.406 e. The van der Waals surface area contributed by atoms with Crippen molar-refractivity contribution < 1.29 is 27.4 Å². The molecule has 2 fully saturated rings. The van der Waals surface area contributed by atoms with Gasteiger partial charge in [0.2, 0.25) is 0 Å². The number of fused-ring (bicyclic) bond motifs is 1. The third kappa shape index (κ3) is 5.58. The first-order chi connectivity index (χ1) is 16.9. The first kappa shape index (κ1) is 23.6. The number of carbonyl (C=O) groups excluding carboxylic acids is 1. The van der Waals surface area contributed by atoms with E-state index in [-0.39, 0.29) is 17.6 Å². The van der Waals surface area contributed by atoms with E-state index in [0.29, 0.717) is 24.6 Å². The highest BCUT2D eigenvalue weighted by Gasteiger charge is 2.31.